The molecule has 1 heterocycles. The van der Waals surface area contributed by atoms with Crippen molar-refractivity contribution >= 4 is 0 Å². The van der Waals surface area contributed by atoms with Crippen LogP contribution in [0.15, 0.2) is 0 Å². The molecule has 0 aromatic rings. The maximum Gasteiger partial charge on any atom is 0.0615 e. The minimum atomic E-state index is 0.566. The fraction of sp³-hybridized carbons (Fsp3) is 1.00. The number of rotatable bonds is 6. The van der Waals surface area contributed by atoms with Gasteiger partial charge in [-0.1, -0.05) is 6.42 Å². The Morgan fingerprint density at radius 1 is 1.31 bits per heavy atom. The van der Waals surface area contributed by atoms with E-state index in [2.05, 4.69) is 17.1 Å². The van der Waals surface area contributed by atoms with Crippen LogP contribution in [0.5, 0.6) is 0 Å². The molecule has 2 fully saturated rings. The van der Waals surface area contributed by atoms with Crippen molar-refractivity contribution in [3.63, 3.8) is 0 Å². The first kappa shape index (κ1) is 12.3. The van der Waals surface area contributed by atoms with Crippen LogP contribution in [0.2, 0.25) is 0 Å². The third kappa shape index (κ3) is 3.44. The fourth-order valence-electron chi connectivity index (χ4n) is 2.75. The van der Waals surface area contributed by atoms with Gasteiger partial charge in [0.25, 0.3) is 0 Å². The Hall–Kier alpha value is -0.120. The summed E-state index contributed by atoms with van der Waals surface area (Å²) in [6.07, 6.45) is 6.88. The van der Waals surface area contributed by atoms with Gasteiger partial charge in [0.2, 0.25) is 0 Å². The summed E-state index contributed by atoms with van der Waals surface area (Å²) >= 11 is 0. The molecule has 3 nitrogen and oxygen atoms in total. The van der Waals surface area contributed by atoms with E-state index in [4.69, 9.17) is 4.74 Å². The van der Waals surface area contributed by atoms with Gasteiger partial charge < -0.3 is 10.1 Å². The van der Waals surface area contributed by atoms with Crippen molar-refractivity contribution in [1.82, 2.24) is 10.2 Å². The standard InChI is InChI=1S/C13H26N2O/c1-11(10-16-2)15-8-4-3-5-13(15)9-14-12-6-7-12/h11-14H,3-10H2,1-2H3. The van der Waals surface area contributed by atoms with Crippen LogP contribution in [0.4, 0.5) is 0 Å². The summed E-state index contributed by atoms with van der Waals surface area (Å²) < 4.78 is 5.28. The van der Waals surface area contributed by atoms with E-state index in [0.717, 1.165) is 18.7 Å². The molecule has 0 aromatic carbocycles. The Labute approximate surface area is 99.5 Å². The second-order valence-corrected chi connectivity index (χ2v) is 5.37. The normalized spacial score (nSPS) is 29.2. The Kier molecular flexibility index (Phi) is 4.62. The number of ether oxygens (including phenoxy) is 1. The lowest BCUT2D eigenvalue weighted by molar-refractivity contribution is 0.0487. The molecular weight excluding hydrogens is 200 g/mol. The van der Waals surface area contributed by atoms with E-state index < -0.39 is 0 Å². The molecule has 0 amide bonds. The summed E-state index contributed by atoms with van der Waals surface area (Å²) in [5.41, 5.74) is 0. The fourth-order valence-corrected chi connectivity index (χ4v) is 2.75. The summed E-state index contributed by atoms with van der Waals surface area (Å²) in [5, 5.41) is 3.67. The van der Waals surface area contributed by atoms with E-state index in [1.807, 2.05) is 0 Å². The second kappa shape index (κ2) is 5.99. The SMILES string of the molecule is COCC(C)N1CCCCC1CNC1CC1. The largest absolute Gasteiger partial charge is 0.383 e. The molecule has 3 heteroatoms. The second-order valence-electron chi connectivity index (χ2n) is 5.37. The smallest absolute Gasteiger partial charge is 0.0615 e. The van der Waals surface area contributed by atoms with Crippen LogP contribution >= 0.6 is 0 Å². The van der Waals surface area contributed by atoms with Crippen LogP contribution in [0.25, 0.3) is 0 Å². The number of nitrogens with one attached hydrogen (secondary N) is 1. The molecule has 94 valence electrons. The molecule has 0 bridgehead atoms. The number of likely N-dealkylation sites (tertiary alicyclic amines) is 1. The van der Waals surface area contributed by atoms with Gasteiger partial charge in [0.05, 0.1) is 6.61 Å². The Bertz CT molecular complexity index is 206. The van der Waals surface area contributed by atoms with Crippen molar-refractivity contribution in [2.75, 3.05) is 26.8 Å². The molecule has 1 aliphatic heterocycles. The molecule has 0 radical (unpaired) electrons. The van der Waals surface area contributed by atoms with Gasteiger partial charge in [0, 0.05) is 31.8 Å². The number of hydrogen-bond donors (Lipinski definition) is 1. The molecule has 2 aliphatic rings. The topological polar surface area (TPSA) is 24.5 Å². The highest BCUT2D eigenvalue weighted by molar-refractivity contribution is 4.87. The monoisotopic (exact) mass is 226 g/mol. The lowest BCUT2D eigenvalue weighted by Gasteiger charge is -2.39. The first-order chi connectivity index (χ1) is 7.81. The maximum atomic E-state index is 5.28. The van der Waals surface area contributed by atoms with Crippen LogP contribution in [-0.2, 0) is 4.74 Å². The maximum absolute atomic E-state index is 5.28. The summed E-state index contributed by atoms with van der Waals surface area (Å²) in [5.74, 6) is 0. The van der Waals surface area contributed by atoms with E-state index in [1.54, 1.807) is 7.11 Å². The zero-order valence-electron chi connectivity index (χ0n) is 10.7. The quantitative estimate of drug-likeness (QED) is 0.745. The van der Waals surface area contributed by atoms with Gasteiger partial charge in [0.15, 0.2) is 0 Å². The molecule has 1 N–H and O–H groups in total. The number of hydrogen-bond acceptors (Lipinski definition) is 3. The molecule has 1 aliphatic carbocycles. The van der Waals surface area contributed by atoms with Gasteiger partial charge in [-0.2, -0.15) is 0 Å². The Morgan fingerprint density at radius 3 is 2.81 bits per heavy atom. The summed E-state index contributed by atoms with van der Waals surface area (Å²) in [7, 11) is 1.80. The van der Waals surface area contributed by atoms with Crippen LogP contribution in [-0.4, -0.2) is 49.8 Å². The molecule has 2 unspecified atom stereocenters. The molecule has 2 rings (SSSR count). The van der Waals surface area contributed by atoms with Gasteiger partial charge in [-0.15, -0.1) is 0 Å². The van der Waals surface area contributed by atoms with Gasteiger partial charge in [0.1, 0.15) is 0 Å². The predicted octanol–water partition coefficient (Wildman–Crippen LogP) is 1.63. The molecule has 2 atom stereocenters. The number of methoxy groups -OCH3 is 1. The van der Waals surface area contributed by atoms with E-state index in [0.29, 0.717) is 6.04 Å². The summed E-state index contributed by atoms with van der Waals surface area (Å²) in [6.45, 7) is 5.58. The molecule has 1 saturated heterocycles. The molecule has 1 saturated carbocycles. The van der Waals surface area contributed by atoms with Crippen molar-refractivity contribution in [2.24, 2.45) is 0 Å². The Balaban J connectivity index is 1.79. The third-order valence-corrected chi connectivity index (χ3v) is 3.87. The van der Waals surface area contributed by atoms with E-state index in [1.165, 1.54) is 45.2 Å². The van der Waals surface area contributed by atoms with Crippen molar-refractivity contribution < 1.29 is 4.74 Å². The number of nitrogens with zero attached hydrogens (tertiary/aromatic N) is 1. The summed E-state index contributed by atoms with van der Waals surface area (Å²) in [4.78, 5) is 2.64. The molecule has 16 heavy (non-hydrogen) atoms. The highest BCUT2D eigenvalue weighted by Crippen LogP contribution is 2.22. The van der Waals surface area contributed by atoms with Crippen molar-refractivity contribution in [3.05, 3.63) is 0 Å². The van der Waals surface area contributed by atoms with E-state index in [-0.39, 0.29) is 0 Å². The molecule has 0 spiro atoms. The highest BCUT2D eigenvalue weighted by Gasteiger charge is 2.28. The average molecular weight is 226 g/mol. The minimum absolute atomic E-state index is 0.566. The lowest BCUT2D eigenvalue weighted by atomic mass is 10.00. The van der Waals surface area contributed by atoms with Crippen LogP contribution < -0.4 is 5.32 Å². The van der Waals surface area contributed by atoms with Gasteiger partial charge in [-0.25, -0.2) is 0 Å². The van der Waals surface area contributed by atoms with Gasteiger partial charge in [-0.05, 0) is 39.2 Å². The van der Waals surface area contributed by atoms with Gasteiger partial charge >= 0.3 is 0 Å². The van der Waals surface area contributed by atoms with Crippen molar-refractivity contribution in [1.29, 1.82) is 0 Å². The lowest BCUT2D eigenvalue weighted by Crippen LogP contribution is -2.51. The summed E-state index contributed by atoms with van der Waals surface area (Å²) in [6, 6.07) is 2.14. The average Bonchev–Trinajstić information content (AvgIpc) is 3.11. The zero-order valence-corrected chi connectivity index (χ0v) is 10.7. The van der Waals surface area contributed by atoms with Crippen molar-refractivity contribution in [2.45, 2.75) is 57.2 Å². The van der Waals surface area contributed by atoms with E-state index >= 15 is 0 Å². The first-order valence-electron chi connectivity index (χ1n) is 6.79. The van der Waals surface area contributed by atoms with E-state index in [9.17, 15) is 0 Å². The zero-order chi connectivity index (χ0) is 11.4. The first-order valence-corrected chi connectivity index (χ1v) is 6.79. The molecule has 0 aromatic heterocycles. The molecular formula is C13H26N2O. The van der Waals surface area contributed by atoms with Crippen LogP contribution in [0.1, 0.15) is 39.0 Å². The van der Waals surface area contributed by atoms with Crippen molar-refractivity contribution in [3.8, 4) is 0 Å². The predicted molar refractivity (Wildman–Crippen MR) is 66.7 cm³/mol. The Morgan fingerprint density at radius 2 is 2.12 bits per heavy atom. The third-order valence-electron chi connectivity index (χ3n) is 3.87. The number of piperidine rings is 1. The van der Waals surface area contributed by atoms with Gasteiger partial charge in [-0.3, -0.25) is 4.90 Å². The minimum Gasteiger partial charge on any atom is -0.383 e. The highest BCUT2D eigenvalue weighted by atomic mass is 16.5. The van der Waals surface area contributed by atoms with Crippen LogP contribution in [0, 0.1) is 0 Å². The van der Waals surface area contributed by atoms with Crippen LogP contribution in [0.3, 0.4) is 0 Å².